The molecule has 0 saturated heterocycles. The number of aromatic nitrogens is 4. The number of fused-ring (bicyclic) bond motifs is 1. The molecule has 0 aliphatic heterocycles. The number of carbonyl (C=O) groups is 1. The van der Waals surface area contributed by atoms with E-state index in [0.717, 1.165) is 0 Å². The Bertz CT molecular complexity index is 952. The summed E-state index contributed by atoms with van der Waals surface area (Å²) in [5, 5.41) is 2.98. The first kappa shape index (κ1) is 16.8. The number of carbonyl (C=O) groups excluding carboxylic acids is 1. The molecule has 2 aromatic heterocycles. The van der Waals surface area contributed by atoms with Crippen molar-refractivity contribution in [3.8, 4) is 0 Å². The van der Waals surface area contributed by atoms with E-state index >= 15 is 0 Å². The topological polar surface area (TPSA) is 110 Å². The van der Waals surface area contributed by atoms with Gasteiger partial charge in [0, 0.05) is 12.2 Å². The van der Waals surface area contributed by atoms with Gasteiger partial charge in [0.05, 0.1) is 11.2 Å². The third kappa shape index (κ3) is 3.41. The van der Waals surface area contributed by atoms with Crippen LogP contribution in [0.4, 0.5) is 26.6 Å². The van der Waals surface area contributed by atoms with Crippen molar-refractivity contribution in [1.82, 2.24) is 19.9 Å². The lowest BCUT2D eigenvalue weighted by atomic mass is 10.3. The third-order valence-corrected chi connectivity index (χ3v) is 3.66. The molecule has 0 saturated carbocycles. The molecule has 10 heteroatoms. The molecular weight excluding hydrogens is 349 g/mol. The maximum atomic E-state index is 13.3. The van der Waals surface area contributed by atoms with E-state index < -0.39 is 11.8 Å². The largest absolute Gasteiger partial charge is 0.351 e. The van der Waals surface area contributed by atoms with Crippen LogP contribution in [0.1, 0.15) is 6.92 Å². The minimum Gasteiger partial charge on any atom is -0.351 e. The second-order valence-electron chi connectivity index (χ2n) is 4.96. The average molecular weight is 362 g/mol. The molecule has 1 aromatic carbocycles. The highest BCUT2D eigenvalue weighted by atomic mass is 35.5. The summed E-state index contributed by atoms with van der Waals surface area (Å²) in [5.41, 5.74) is 6.70. The van der Waals surface area contributed by atoms with Crippen molar-refractivity contribution in [1.29, 1.82) is 0 Å². The van der Waals surface area contributed by atoms with Gasteiger partial charge in [0.1, 0.15) is 23.2 Å². The SMILES string of the molecule is CCN(C(N)=O)c1ncc2ncnc(Nc3ccc(F)c(Cl)c3)c2n1. The molecule has 0 unspecified atom stereocenters. The standard InChI is InChI=1S/C15H13ClFN7O/c1-2-24(14(18)25)15-19-6-11-12(23-15)13(21-7-20-11)22-8-3-4-10(17)9(16)5-8/h3-7H,2H2,1H3,(H2,18,25)(H,20,21,22). The first-order valence-electron chi connectivity index (χ1n) is 7.26. The van der Waals surface area contributed by atoms with Crippen molar-refractivity contribution < 1.29 is 9.18 Å². The normalized spacial score (nSPS) is 10.7. The number of rotatable bonds is 4. The molecule has 0 atom stereocenters. The quantitative estimate of drug-likeness (QED) is 0.739. The van der Waals surface area contributed by atoms with Gasteiger partial charge in [0.25, 0.3) is 0 Å². The Labute approximate surface area is 146 Å². The molecule has 2 amide bonds. The van der Waals surface area contributed by atoms with Gasteiger partial charge < -0.3 is 11.1 Å². The number of halogens is 2. The molecule has 25 heavy (non-hydrogen) atoms. The highest BCUT2D eigenvalue weighted by molar-refractivity contribution is 6.31. The zero-order valence-corrected chi connectivity index (χ0v) is 13.8. The van der Waals surface area contributed by atoms with Crippen molar-refractivity contribution in [2.24, 2.45) is 5.73 Å². The molecule has 3 aromatic rings. The monoisotopic (exact) mass is 361 g/mol. The number of nitrogens with one attached hydrogen (secondary N) is 1. The molecule has 128 valence electrons. The number of benzene rings is 1. The Morgan fingerprint density at radius 2 is 2.16 bits per heavy atom. The lowest BCUT2D eigenvalue weighted by molar-refractivity contribution is 0.254. The number of anilines is 3. The van der Waals surface area contributed by atoms with Crippen LogP contribution < -0.4 is 16.0 Å². The summed E-state index contributed by atoms with van der Waals surface area (Å²) in [6, 6.07) is 3.51. The predicted octanol–water partition coefficient (Wildman–Crippen LogP) is 2.86. The number of hydrogen-bond acceptors (Lipinski definition) is 6. The first-order valence-corrected chi connectivity index (χ1v) is 7.64. The molecule has 3 N–H and O–H groups in total. The van der Waals surface area contributed by atoms with Gasteiger partial charge >= 0.3 is 6.03 Å². The van der Waals surface area contributed by atoms with Crippen molar-refractivity contribution in [3.05, 3.63) is 41.6 Å². The van der Waals surface area contributed by atoms with Crippen molar-refractivity contribution in [3.63, 3.8) is 0 Å². The third-order valence-electron chi connectivity index (χ3n) is 3.37. The smallest absolute Gasteiger partial charge is 0.321 e. The summed E-state index contributed by atoms with van der Waals surface area (Å²) in [6.45, 7) is 2.06. The van der Waals surface area contributed by atoms with E-state index in [2.05, 4.69) is 25.3 Å². The Balaban J connectivity index is 2.05. The Morgan fingerprint density at radius 1 is 1.36 bits per heavy atom. The summed E-state index contributed by atoms with van der Waals surface area (Å²) in [6.07, 6.45) is 2.80. The zero-order chi connectivity index (χ0) is 18.0. The van der Waals surface area contributed by atoms with Gasteiger partial charge in [-0.3, -0.25) is 4.90 Å². The molecule has 0 aliphatic rings. The summed E-state index contributed by atoms with van der Waals surface area (Å²) < 4.78 is 13.3. The second kappa shape index (κ2) is 6.81. The lowest BCUT2D eigenvalue weighted by Crippen LogP contribution is -2.36. The number of hydrogen-bond donors (Lipinski definition) is 2. The number of nitrogens with zero attached hydrogens (tertiary/aromatic N) is 5. The molecule has 0 aliphatic carbocycles. The molecule has 2 heterocycles. The van der Waals surface area contributed by atoms with Crippen LogP contribution in [0.3, 0.4) is 0 Å². The van der Waals surface area contributed by atoms with Crippen LogP contribution in [0.5, 0.6) is 0 Å². The van der Waals surface area contributed by atoms with Crippen LogP contribution in [0, 0.1) is 5.82 Å². The molecule has 0 spiro atoms. The van der Waals surface area contributed by atoms with E-state index in [-0.39, 0.29) is 11.0 Å². The fraction of sp³-hybridized carbons (Fsp3) is 0.133. The van der Waals surface area contributed by atoms with E-state index in [4.69, 9.17) is 17.3 Å². The average Bonchev–Trinajstić information content (AvgIpc) is 2.59. The van der Waals surface area contributed by atoms with Crippen LogP contribution in [0.15, 0.2) is 30.7 Å². The first-order chi connectivity index (χ1) is 12.0. The van der Waals surface area contributed by atoms with Gasteiger partial charge in [-0.1, -0.05) is 11.6 Å². The number of urea groups is 1. The summed E-state index contributed by atoms with van der Waals surface area (Å²) in [5.74, 6) is -0.0289. The fourth-order valence-electron chi connectivity index (χ4n) is 2.17. The lowest BCUT2D eigenvalue weighted by Gasteiger charge is -2.16. The van der Waals surface area contributed by atoms with Gasteiger partial charge in [-0.2, -0.15) is 0 Å². The number of primary amides is 1. The highest BCUT2D eigenvalue weighted by Gasteiger charge is 2.16. The van der Waals surface area contributed by atoms with E-state index in [1.54, 1.807) is 6.92 Å². The van der Waals surface area contributed by atoms with Crippen molar-refractivity contribution in [2.45, 2.75) is 6.92 Å². The van der Waals surface area contributed by atoms with Crippen LogP contribution in [-0.4, -0.2) is 32.5 Å². The summed E-state index contributed by atoms with van der Waals surface area (Å²) in [4.78, 5) is 29.3. The molecule has 0 radical (unpaired) electrons. The van der Waals surface area contributed by atoms with Crippen molar-refractivity contribution >= 4 is 46.1 Å². The van der Waals surface area contributed by atoms with Gasteiger partial charge in [-0.15, -0.1) is 0 Å². The van der Waals surface area contributed by atoms with Gasteiger partial charge in [-0.25, -0.2) is 29.1 Å². The molecule has 8 nitrogen and oxygen atoms in total. The highest BCUT2D eigenvalue weighted by Crippen LogP contribution is 2.25. The number of amides is 2. The minimum absolute atomic E-state index is 0.0236. The van der Waals surface area contributed by atoms with Gasteiger partial charge in [0.15, 0.2) is 5.82 Å². The van der Waals surface area contributed by atoms with Gasteiger partial charge in [-0.05, 0) is 25.1 Å². The van der Waals surface area contributed by atoms with E-state index in [9.17, 15) is 9.18 Å². The van der Waals surface area contributed by atoms with Gasteiger partial charge in [0.2, 0.25) is 5.95 Å². The van der Waals surface area contributed by atoms with Crippen LogP contribution in [0.2, 0.25) is 5.02 Å². The second-order valence-corrected chi connectivity index (χ2v) is 5.37. The van der Waals surface area contributed by atoms with Crippen LogP contribution >= 0.6 is 11.6 Å². The number of nitrogens with two attached hydrogens (primary N) is 1. The minimum atomic E-state index is -0.668. The fourth-order valence-corrected chi connectivity index (χ4v) is 2.35. The van der Waals surface area contributed by atoms with E-state index in [1.807, 2.05) is 0 Å². The maximum Gasteiger partial charge on any atom is 0.321 e. The Hall–Kier alpha value is -3.07. The molecule has 3 rings (SSSR count). The summed E-state index contributed by atoms with van der Waals surface area (Å²) >= 11 is 5.79. The predicted molar refractivity (Wildman–Crippen MR) is 92.4 cm³/mol. The zero-order valence-electron chi connectivity index (χ0n) is 13.1. The molecule has 0 bridgehead atoms. The van der Waals surface area contributed by atoms with Crippen LogP contribution in [-0.2, 0) is 0 Å². The Morgan fingerprint density at radius 3 is 2.84 bits per heavy atom. The maximum absolute atomic E-state index is 13.3. The van der Waals surface area contributed by atoms with E-state index in [0.29, 0.717) is 29.1 Å². The molecule has 0 fully saturated rings. The summed E-state index contributed by atoms with van der Waals surface area (Å²) in [7, 11) is 0. The van der Waals surface area contributed by atoms with Crippen molar-refractivity contribution in [2.75, 3.05) is 16.8 Å². The van der Waals surface area contributed by atoms with E-state index in [1.165, 1.54) is 35.6 Å². The molecular formula is C15H13ClFN7O. The van der Waals surface area contributed by atoms with Crippen LogP contribution in [0.25, 0.3) is 11.0 Å². The Kier molecular flexibility index (Phi) is 4.57.